The van der Waals surface area contributed by atoms with Crippen LogP contribution in [0.15, 0.2) is 66.7 Å². The maximum Gasteiger partial charge on any atom is 0.338 e. The molecule has 3 aromatic rings. The number of Topliss-reactive ketones (excluding diaryl/α,β-unsaturated/α-hetero) is 1. The Hall–Kier alpha value is -4.33. The van der Waals surface area contributed by atoms with Gasteiger partial charge in [0, 0.05) is 5.56 Å². The number of nitrogens with zero attached hydrogens (tertiary/aromatic N) is 1. The van der Waals surface area contributed by atoms with Crippen molar-refractivity contribution in [3.05, 3.63) is 94.8 Å². The minimum Gasteiger partial charge on any atom is -0.497 e. The number of carbonyl (C=O) groups excluding carboxylic acids is 4. The molecule has 1 heterocycles. The number of halogens is 1. The lowest BCUT2D eigenvalue weighted by Gasteiger charge is -2.13. The SMILES string of the molecule is COc1ccc(C(=O)COC(=O)c2ccc3c(c2)C(=O)N(c2ccc(F)cc2)C3=O)cc1. The van der Waals surface area contributed by atoms with E-state index in [9.17, 15) is 23.6 Å². The lowest BCUT2D eigenvalue weighted by atomic mass is 10.1. The van der Waals surface area contributed by atoms with E-state index >= 15 is 0 Å². The summed E-state index contributed by atoms with van der Waals surface area (Å²) in [5.74, 6) is -2.34. The van der Waals surface area contributed by atoms with E-state index in [-0.39, 0.29) is 22.4 Å². The van der Waals surface area contributed by atoms with Crippen molar-refractivity contribution in [1.29, 1.82) is 0 Å². The summed E-state index contributed by atoms with van der Waals surface area (Å²) in [4.78, 5) is 51.0. The lowest BCUT2D eigenvalue weighted by molar-refractivity contribution is 0.0474. The van der Waals surface area contributed by atoms with E-state index in [2.05, 4.69) is 0 Å². The predicted molar refractivity (Wildman–Crippen MR) is 112 cm³/mol. The molecule has 1 aliphatic rings. The third-order valence-corrected chi connectivity index (χ3v) is 4.95. The van der Waals surface area contributed by atoms with Crippen LogP contribution in [0, 0.1) is 5.82 Å². The van der Waals surface area contributed by atoms with Gasteiger partial charge in [-0.3, -0.25) is 14.4 Å². The van der Waals surface area contributed by atoms with E-state index in [1.165, 1.54) is 37.4 Å². The van der Waals surface area contributed by atoms with Crippen molar-refractivity contribution in [2.75, 3.05) is 18.6 Å². The molecule has 2 amide bonds. The van der Waals surface area contributed by atoms with Crippen molar-refractivity contribution in [3.63, 3.8) is 0 Å². The van der Waals surface area contributed by atoms with Gasteiger partial charge < -0.3 is 9.47 Å². The first-order chi connectivity index (χ1) is 15.4. The Morgan fingerprint density at radius 2 is 1.47 bits per heavy atom. The number of ketones is 1. The fourth-order valence-electron chi connectivity index (χ4n) is 3.27. The van der Waals surface area contributed by atoms with Crippen molar-refractivity contribution in [2.24, 2.45) is 0 Å². The molecule has 0 aromatic heterocycles. The second-order valence-corrected chi connectivity index (χ2v) is 6.91. The molecule has 7 nitrogen and oxygen atoms in total. The summed E-state index contributed by atoms with van der Waals surface area (Å²) in [5.41, 5.74) is 0.726. The number of hydrogen-bond acceptors (Lipinski definition) is 6. The summed E-state index contributed by atoms with van der Waals surface area (Å²) in [6, 6.07) is 15.2. The number of methoxy groups -OCH3 is 1. The molecule has 160 valence electrons. The smallest absolute Gasteiger partial charge is 0.338 e. The zero-order valence-electron chi connectivity index (χ0n) is 16.8. The third kappa shape index (κ3) is 3.85. The number of amides is 2. The van der Waals surface area contributed by atoms with Crippen LogP contribution in [-0.4, -0.2) is 37.3 Å². The normalized spacial score (nSPS) is 12.5. The number of rotatable bonds is 6. The first kappa shape index (κ1) is 20.9. The Morgan fingerprint density at radius 1 is 0.844 bits per heavy atom. The molecule has 0 saturated carbocycles. The summed E-state index contributed by atoms with van der Waals surface area (Å²) in [5, 5.41) is 0. The highest BCUT2D eigenvalue weighted by Crippen LogP contribution is 2.29. The summed E-state index contributed by atoms with van der Waals surface area (Å²) in [7, 11) is 1.51. The highest BCUT2D eigenvalue weighted by Gasteiger charge is 2.37. The molecule has 0 spiro atoms. The number of carbonyl (C=O) groups is 4. The van der Waals surface area contributed by atoms with E-state index < -0.39 is 36.0 Å². The van der Waals surface area contributed by atoms with E-state index in [0.29, 0.717) is 11.3 Å². The Bertz CT molecular complexity index is 1230. The van der Waals surface area contributed by atoms with Crippen molar-refractivity contribution in [1.82, 2.24) is 0 Å². The first-order valence-corrected chi connectivity index (χ1v) is 9.52. The van der Waals surface area contributed by atoms with Crippen LogP contribution in [0.4, 0.5) is 10.1 Å². The van der Waals surface area contributed by atoms with Gasteiger partial charge in [-0.15, -0.1) is 0 Å². The molecular weight excluding hydrogens is 417 g/mol. The summed E-state index contributed by atoms with van der Waals surface area (Å²) in [6.45, 7) is -0.489. The summed E-state index contributed by atoms with van der Waals surface area (Å²) < 4.78 is 23.3. The summed E-state index contributed by atoms with van der Waals surface area (Å²) >= 11 is 0. The lowest BCUT2D eigenvalue weighted by Crippen LogP contribution is -2.29. The van der Waals surface area contributed by atoms with Crippen LogP contribution in [0.1, 0.15) is 41.4 Å². The van der Waals surface area contributed by atoms with Gasteiger partial charge in [0.2, 0.25) is 0 Å². The maximum atomic E-state index is 13.2. The molecule has 0 fully saturated rings. The van der Waals surface area contributed by atoms with E-state index in [1.54, 1.807) is 24.3 Å². The van der Waals surface area contributed by atoms with Crippen molar-refractivity contribution in [3.8, 4) is 5.75 Å². The Balaban J connectivity index is 1.48. The van der Waals surface area contributed by atoms with Gasteiger partial charge in [0.25, 0.3) is 11.8 Å². The summed E-state index contributed by atoms with van der Waals surface area (Å²) in [6.07, 6.45) is 0. The number of anilines is 1. The Labute approximate surface area is 182 Å². The number of fused-ring (bicyclic) bond motifs is 1. The van der Waals surface area contributed by atoms with Crippen LogP contribution >= 0.6 is 0 Å². The number of imide groups is 1. The Kier molecular flexibility index (Phi) is 5.51. The molecule has 4 rings (SSSR count). The van der Waals surface area contributed by atoms with Gasteiger partial charge >= 0.3 is 5.97 Å². The van der Waals surface area contributed by atoms with E-state index in [4.69, 9.17) is 9.47 Å². The highest BCUT2D eigenvalue weighted by molar-refractivity contribution is 6.34. The maximum absolute atomic E-state index is 13.2. The van der Waals surface area contributed by atoms with Gasteiger partial charge in [-0.2, -0.15) is 0 Å². The van der Waals surface area contributed by atoms with Crippen LogP contribution in [0.25, 0.3) is 0 Å². The predicted octanol–water partition coefficient (Wildman–Crippen LogP) is 3.67. The second kappa shape index (κ2) is 8.43. The number of ether oxygens (including phenoxy) is 2. The molecule has 8 heteroatoms. The average Bonchev–Trinajstić information content (AvgIpc) is 3.07. The van der Waals surface area contributed by atoms with Crippen molar-refractivity contribution in [2.45, 2.75) is 0 Å². The van der Waals surface area contributed by atoms with Gasteiger partial charge in [0.05, 0.1) is 29.5 Å². The molecule has 0 N–H and O–H groups in total. The van der Waals surface area contributed by atoms with E-state index in [1.807, 2.05) is 0 Å². The van der Waals surface area contributed by atoms with Crippen LogP contribution in [-0.2, 0) is 4.74 Å². The Morgan fingerprint density at radius 3 is 2.12 bits per heavy atom. The van der Waals surface area contributed by atoms with E-state index in [0.717, 1.165) is 17.0 Å². The molecular formula is C24H16FNO6. The van der Waals surface area contributed by atoms with Crippen LogP contribution in [0.3, 0.4) is 0 Å². The third-order valence-electron chi connectivity index (χ3n) is 4.95. The molecule has 0 atom stereocenters. The van der Waals surface area contributed by atoms with Crippen molar-refractivity contribution >= 4 is 29.3 Å². The quantitative estimate of drug-likeness (QED) is 0.335. The standard InChI is InChI=1S/C24H16FNO6/c1-31-18-9-2-14(3-10-18)21(27)13-32-24(30)15-4-11-19-20(12-15)23(29)26(22(19)28)17-7-5-16(25)6-8-17/h2-12H,13H2,1H3. The zero-order chi connectivity index (χ0) is 22.8. The first-order valence-electron chi connectivity index (χ1n) is 9.52. The second-order valence-electron chi connectivity index (χ2n) is 6.91. The molecule has 32 heavy (non-hydrogen) atoms. The van der Waals surface area contributed by atoms with Gasteiger partial charge in [0.15, 0.2) is 12.4 Å². The van der Waals surface area contributed by atoms with Gasteiger partial charge in [-0.25, -0.2) is 14.1 Å². The number of hydrogen-bond donors (Lipinski definition) is 0. The zero-order valence-corrected chi connectivity index (χ0v) is 16.8. The van der Waals surface area contributed by atoms with Gasteiger partial charge in [0.1, 0.15) is 11.6 Å². The van der Waals surface area contributed by atoms with Gasteiger partial charge in [-0.1, -0.05) is 0 Å². The molecule has 1 aliphatic heterocycles. The van der Waals surface area contributed by atoms with Gasteiger partial charge in [-0.05, 0) is 66.7 Å². The average molecular weight is 433 g/mol. The number of esters is 1. The molecule has 0 unspecified atom stereocenters. The number of benzene rings is 3. The molecule has 0 radical (unpaired) electrons. The monoisotopic (exact) mass is 433 g/mol. The van der Waals surface area contributed by atoms with Crippen LogP contribution in [0.2, 0.25) is 0 Å². The molecule has 0 saturated heterocycles. The largest absolute Gasteiger partial charge is 0.497 e. The fraction of sp³-hybridized carbons (Fsp3) is 0.0833. The topological polar surface area (TPSA) is 90.0 Å². The fourth-order valence-corrected chi connectivity index (χ4v) is 3.27. The molecule has 0 aliphatic carbocycles. The minimum atomic E-state index is -0.810. The van der Waals surface area contributed by atoms with Crippen LogP contribution < -0.4 is 9.64 Å². The highest BCUT2D eigenvalue weighted by atomic mass is 19.1. The minimum absolute atomic E-state index is 0.0217. The van der Waals surface area contributed by atoms with Crippen molar-refractivity contribution < 1.29 is 33.0 Å². The van der Waals surface area contributed by atoms with Crippen LogP contribution in [0.5, 0.6) is 5.75 Å². The molecule has 3 aromatic carbocycles. The molecule has 0 bridgehead atoms.